The van der Waals surface area contributed by atoms with Gasteiger partial charge in [0.25, 0.3) is 0 Å². The average Bonchev–Trinajstić information content (AvgIpc) is 2.95. The van der Waals surface area contributed by atoms with E-state index in [0.717, 1.165) is 38.9 Å². The standard InChI is InChI=1S/C21H26N2OS/c24-20(22-12-6-1-2-7-13-22)16-23-14-10-19-18(11-15-25-19)21(23)17-8-4-3-5-9-17/h3-5,8-9,11,15,21H,1-2,6-7,10,12-14,16H2. The molecule has 4 heteroatoms. The molecule has 1 saturated heterocycles. The van der Waals surface area contributed by atoms with Crippen LogP contribution in [0.2, 0.25) is 0 Å². The molecule has 1 aromatic carbocycles. The van der Waals surface area contributed by atoms with Gasteiger partial charge >= 0.3 is 0 Å². The van der Waals surface area contributed by atoms with Crippen LogP contribution in [0.4, 0.5) is 0 Å². The highest BCUT2D eigenvalue weighted by Gasteiger charge is 2.31. The molecule has 1 atom stereocenters. The molecule has 2 aliphatic rings. The van der Waals surface area contributed by atoms with Gasteiger partial charge < -0.3 is 4.90 Å². The number of nitrogens with zero attached hydrogens (tertiary/aromatic N) is 2. The maximum absolute atomic E-state index is 12.9. The van der Waals surface area contributed by atoms with E-state index < -0.39 is 0 Å². The lowest BCUT2D eigenvalue weighted by Gasteiger charge is -2.37. The van der Waals surface area contributed by atoms with Crippen LogP contribution in [0.15, 0.2) is 41.8 Å². The second kappa shape index (κ2) is 7.71. The molecule has 1 amide bonds. The number of thiophene rings is 1. The van der Waals surface area contributed by atoms with E-state index in [1.54, 1.807) is 0 Å². The van der Waals surface area contributed by atoms with Crippen molar-refractivity contribution in [3.63, 3.8) is 0 Å². The summed E-state index contributed by atoms with van der Waals surface area (Å²) in [6, 6.07) is 13.1. The summed E-state index contributed by atoms with van der Waals surface area (Å²) in [5, 5.41) is 2.20. The lowest BCUT2D eigenvalue weighted by atomic mass is 9.93. The largest absolute Gasteiger partial charge is 0.342 e. The van der Waals surface area contributed by atoms with Crippen LogP contribution in [-0.2, 0) is 11.2 Å². The third kappa shape index (κ3) is 3.65. The number of rotatable bonds is 3. The Morgan fingerprint density at radius 2 is 1.76 bits per heavy atom. The Morgan fingerprint density at radius 1 is 1.00 bits per heavy atom. The summed E-state index contributed by atoms with van der Waals surface area (Å²) in [4.78, 5) is 18.9. The molecule has 2 aliphatic heterocycles. The molecule has 4 rings (SSSR count). The van der Waals surface area contributed by atoms with Crippen molar-refractivity contribution in [2.24, 2.45) is 0 Å². The highest BCUT2D eigenvalue weighted by Crippen LogP contribution is 2.37. The fourth-order valence-electron chi connectivity index (χ4n) is 4.16. The molecule has 3 nitrogen and oxygen atoms in total. The van der Waals surface area contributed by atoms with Gasteiger partial charge in [0.05, 0.1) is 12.6 Å². The van der Waals surface area contributed by atoms with Crippen LogP contribution in [-0.4, -0.2) is 41.9 Å². The molecule has 0 radical (unpaired) electrons. The van der Waals surface area contributed by atoms with Gasteiger partial charge in [-0.15, -0.1) is 11.3 Å². The van der Waals surface area contributed by atoms with Crippen LogP contribution < -0.4 is 0 Å². The third-order valence-corrected chi connectivity index (χ3v) is 6.47. The van der Waals surface area contributed by atoms with E-state index in [2.05, 4.69) is 51.6 Å². The Morgan fingerprint density at radius 3 is 2.52 bits per heavy atom. The number of hydrogen-bond donors (Lipinski definition) is 0. The van der Waals surface area contributed by atoms with Gasteiger partial charge in [-0.2, -0.15) is 0 Å². The first-order chi connectivity index (χ1) is 12.3. The Kier molecular flexibility index (Phi) is 5.18. The molecule has 1 aromatic heterocycles. The first kappa shape index (κ1) is 16.8. The molecule has 1 fully saturated rings. The van der Waals surface area contributed by atoms with Crippen molar-refractivity contribution in [3.05, 3.63) is 57.8 Å². The number of carbonyl (C=O) groups is 1. The van der Waals surface area contributed by atoms with Gasteiger partial charge in [0, 0.05) is 24.5 Å². The zero-order chi connectivity index (χ0) is 17.1. The predicted octanol–water partition coefficient (Wildman–Crippen LogP) is 4.10. The third-order valence-electron chi connectivity index (χ3n) is 5.48. The van der Waals surface area contributed by atoms with Crippen molar-refractivity contribution in [3.8, 4) is 0 Å². The second-order valence-electron chi connectivity index (χ2n) is 7.13. The van der Waals surface area contributed by atoms with Crippen molar-refractivity contribution in [2.45, 2.75) is 38.1 Å². The number of carbonyl (C=O) groups excluding carboxylic acids is 1. The van der Waals surface area contributed by atoms with Gasteiger partial charge in [-0.3, -0.25) is 9.69 Å². The summed E-state index contributed by atoms with van der Waals surface area (Å²) in [7, 11) is 0. The first-order valence-corrected chi connectivity index (χ1v) is 10.3. The van der Waals surface area contributed by atoms with Crippen molar-refractivity contribution >= 4 is 17.2 Å². The lowest BCUT2D eigenvalue weighted by molar-refractivity contribution is -0.132. The highest BCUT2D eigenvalue weighted by atomic mass is 32.1. The number of amides is 1. The van der Waals surface area contributed by atoms with Gasteiger partial charge in [0.15, 0.2) is 0 Å². The summed E-state index contributed by atoms with van der Waals surface area (Å²) >= 11 is 1.85. The maximum Gasteiger partial charge on any atom is 0.236 e. The molecule has 25 heavy (non-hydrogen) atoms. The van der Waals surface area contributed by atoms with Gasteiger partial charge in [0.1, 0.15) is 0 Å². The van der Waals surface area contributed by atoms with Gasteiger partial charge in [-0.25, -0.2) is 0 Å². The monoisotopic (exact) mass is 354 g/mol. The van der Waals surface area contributed by atoms with Crippen LogP contribution >= 0.6 is 11.3 Å². The van der Waals surface area contributed by atoms with E-state index in [1.165, 1.54) is 28.8 Å². The summed E-state index contributed by atoms with van der Waals surface area (Å²) in [6.45, 7) is 3.38. The minimum Gasteiger partial charge on any atom is -0.342 e. The van der Waals surface area contributed by atoms with E-state index in [-0.39, 0.29) is 6.04 Å². The minimum atomic E-state index is 0.215. The SMILES string of the molecule is O=C(CN1CCc2sccc2C1c1ccccc1)N1CCCCCC1. The van der Waals surface area contributed by atoms with E-state index >= 15 is 0 Å². The molecule has 1 unspecified atom stereocenters. The lowest BCUT2D eigenvalue weighted by Crippen LogP contribution is -2.44. The molecule has 2 aromatic rings. The van der Waals surface area contributed by atoms with E-state index in [4.69, 9.17) is 0 Å². The van der Waals surface area contributed by atoms with Crippen LogP contribution in [0.1, 0.15) is 47.7 Å². The van der Waals surface area contributed by atoms with Crippen LogP contribution in [0.5, 0.6) is 0 Å². The Labute approximate surface area is 154 Å². The Hall–Kier alpha value is -1.65. The zero-order valence-electron chi connectivity index (χ0n) is 14.7. The summed E-state index contributed by atoms with van der Waals surface area (Å²) in [5.74, 6) is 0.307. The van der Waals surface area contributed by atoms with Crippen molar-refractivity contribution < 1.29 is 4.79 Å². The smallest absolute Gasteiger partial charge is 0.236 e. The molecule has 0 aliphatic carbocycles. The highest BCUT2D eigenvalue weighted by molar-refractivity contribution is 7.10. The first-order valence-electron chi connectivity index (χ1n) is 9.46. The summed E-state index contributed by atoms with van der Waals surface area (Å²) < 4.78 is 0. The van der Waals surface area contributed by atoms with Crippen LogP contribution in [0.3, 0.4) is 0 Å². The zero-order valence-corrected chi connectivity index (χ0v) is 15.5. The summed E-state index contributed by atoms with van der Waals surface area (Å²) in [6.07, 6.45) is 5.89. The molecule has 0 N–H and O–H groups in total. The van der Waals surface area contributed by atoms with Crippen molar-refractivity contribution in [1.29, 1.82) is 0 Å². The van der Waals surface area contributed by atoms with E-state index in [1.807, 2.05) is 11.3 Å². The number of likely N-dealkylation sites (tertiary alicyclic amines) is 1. The quantitative estimate of drug-likeness (QED) is 0.828. The van der Waals surface area contributed by atoms with Crippen molar-refractivity contribution in [2.75, 3.05) is 26.2 Å². The average molecular weight is 355 g/mol. The Bertz CT molecular complexity index is 704. The topological polar surface area (TPSA) is 23.6 Å². The van der Waals surface area contributed by atoms with Crippen molar-refractivity contribution in [1.82, 2.24) is 9.80 Å². The maximum atomic E-state index is 12.9. The van der Waals surface area contributed by atoms with Gasteiger partial charge in [0.2, 0.25) is 5.91 Å². The number of hydrogen-bond acceptors (Lipinski definition) is 3. The van der Waals surface area contributed by atoms with Gasteiger partial charge in [-0.05, 0) is 41.8 Å². The normalized spacial score (nSPS) is 21.6. The molecule has 0 spiro atoms. The summed E-state index contributed by atoms with van der Waals surface area (Å²) in [5.41, 5.74) is 2.69. The van der Waals surface area contributed by atoms with Crippen LogP contribution in [0.25, 0.3) is 0 Å². The minimum absolute atomic E-state index is 0.215. The fourth-order valence-corrected chi connectivity index (χ4v) is 5.06. The fraction of sp³-hybridized carbons (Fsp3) is 0.476. The Balaban J connectivity index is 1.56. The second-order valence-corrected chi connectivity index (χ2v) is 8.13. The molecule has 0 saturated carbocycles. The van der Waals surface area contributed by atoms with E-state index in [0.29, 0.717) is 12.5 Å². The molecule has 3 heterocycles. The van der Waals surface area contributed by atoms with E-state index in [9.17, 15) is 4.79 Å². The molecule has 132 valence electrons. The molecule has 0 bridgehead atoms. The van der Waals surface area contributed by atoms with Gasteiger partial charge in [-0.1, -0.05) is 43.2 Å². The number of fused-ring (bicyclic) bond motifs is 1. The van der Waals surface area contributed by atoms with Crippen LogP contribution in [0, 0.1) is 0 Å². The number of benzene rings is 1. The molecular weight excluding hydrogens is 328 g/mol. The molecular formula is C21H26N2OS. The predicted molar refractivity (Wildman–Crippen MR) is 103 cm³/mol.